The largest absolute Gasteiger partial charge is 0.363 e. The zero-order valence-corrected chi connectivity index (χ0v) is 9.65. The van der Waals surface area contributed by atoms with Crippen molar-refractivity contribution in [1.82, 2.24) is 15.0 Å². The van der Waals surface area contributed by atoms with Gasteiger partial charge in [0.05, 0.1) is 17.2 Å². The van der Waals surface area contributed by atoms with Gasteiger partial charge in [-0.1, -0.05) is 0 Å². The lowest BCUT2D eigenvalue weighted by Crippen LogP contribution is -2.05. The smallest absolute Gasteiger partial charge is 0.289 e. The number of aromatic nitrogens is 3. The third-order valence-corrected chi connectivity index (χ3v) is 2.28. The second kappa shape index (κ2) is 5.50. The van der Waals surface area contributed by atoms with Gasteiger partial charge in [0.25, 0.3) is 5.69 Å². The molecule has 0 saturated carbocycles. The quantitative estimate of drug-likeness (QED) is 0.646. The van der Waals surface area contributed by atoms with E-state index in [2.05, 4.69) is 20.3 Å². The first-order valence-corrected chi connectivity index (χ1v) is 5.24. The van der Waals surface area contributed by atoms with Crippen LogP contribution in [-0.2, 0) is 6.54 Å². The Kier molecular flexibility index (Phi) is 3.59. The fourth-order valence-electron chi connectivity index (χ4n) is 1.38. The Morgan fingerprint density at radius 2 is 2.32 bits per heavy atom. The number of nitrogens with one attached hydrogen (secondary N) is 1. The lowest BCUT2D eigenvalue weighted by atomic mass is 10.2. The van der Waals surface area contributed by atoms with Gasteiger partial charge >= 0.3 is 0 Å². The fourth-order valence-corrected chi connectivity index (χ4v) is 1.38. The Hall–Kier alpha value is -3.08. The van der Waals surface area contributed by atoms with Gasteiger partial charge < -0.3 is 5.32 Å². The van der Waals surface area contributed by atoms with Crippen molar-refractivity contribution in [1.29, 1.82) is 5.26 Å². The van der Waals surface area contributed by atoms with Crippen LogP contribution >= 0.6 is 0 Å². The molecule has 0 aliphatic heterocycles. The van der Waals surface area contributed by atoms with E-state index in [4.69, 9.17) is 5.26 Å². The van der Waals surface area contributed by atoms with Gasteiger partial charge in [-0.05, 0) is 6.07 Å². The van der Waals surface area contributed by atoms with Crippen molar-refractivity contribution in [2.24, 2.45) is 0 Å². The highest BCUT2D eigenvalue weighted by atomic mass is 16.6. The molecule has 0 fully saturated rings. The van der Waals surface area contributed by atoms with Crippen LogP contribution in [0, 0.1) is 21.4 Å². The molecule has 0 atom stereocenters. The van der Waals surface area contributed by atoms with Crippen molar-refractivity contribution in [2.75, 3.05) is 5.32 Å². The maximum absolute atomic E-state index is 10.6. The monoisotopic (exact) mass is 256 g/mol. The van der Waals surface area contributed by atoms with E-state index in [1.165, 1.54) is 12.4 Å². The van der Waals surface area contributed by atoms with E-state index >= 15 is 0 Å². The summed E-state index contributed by atoms with van der Waals surface area (Å²) in [5.41, 5.74) is 0.617. The van der Waals surface area contributed by atoms with Crippen LogP contribution in [0.15, 0.2) is 30.9 Å². The lowest BCUT2D eigenvalue weighted by molar-refractivity contribution is -0.385. The summed E-state index contributed by atoms with van der Waals surface area (Å²) in [6, 6.07) is 4.75. The molecular formula is C11H8N6O2. The van der Waals surface area contributed by atoms with Gasteiger partial charge in [0.1, 0.15) is 30.0 Å². The molecule has 2 aromatic rings. The number of rotatable bonds is 4. The molecule has 0 aromatic carbocycles. The molecule has 19 heavy (non-hydrogen) atoms. The summed E-state index contributed by atoms with van der Waals surface area (Å²) in [5.74, 6) is 0.284. The van der Waals surface area contributed by atoms with E-state index in [9.17, 15) is 10.1 Å². The number of hydrogen-bond acceptors (Lipinski definition) is 7. The maximum atomic E-state index is 10.6. The van der Waals surface area contributed by atoms with Crippen molar-refractivity contribution in [3.63, 3.8) is 0 Å². The van der Waals surface area contributed by atoms with Crippen molar-refractivity contribution >= 4 is 11.5 Å². The van der Waals surface area contributed by atoms with Gasteiger partial charge in [-0.3, -0.25) is 10.1 Å². The van der Waals surface area contributed by atoms with Gasteiger partial charge in [-0.15, -0.1) is 0 Å². The topological polar surface area (TPSA) is 118 Å². The third-order valence-electron chi connectivity index (χ3n) is 2.28. The Bertz CT molecular complexity index is 637. The number of anilines is 1. The van der Waals surface area contributed by atoms with E-state index in [1.807, 2.05) is 6.07 Å². The molecule has 0 radical (unpaired) electrons. The standard InChI is InChI=1S/C11H8N6O2/c12-4-8-3-10(17(18)19)6-15-11(8)14-5-9-1-2-13-7-16-9/h1-3,6-7H,5H2,(H,14,15). The average molecular weight is 256 g/mol. The van der Waals surface area contributed by atoms with Crippen molar-refractivity contribution < 1.29 is 4.92 Å². The Morgan fingerprint density at radius 1 is 1.47 bits per heavy atom. The van der Waals surface area contributed by atoms with Gasteiger partial charge in [-0.2, -0.15) is 5.26 Å². The predicted molar refractivity (Wildman–Crippen MR) is 65.0 cm³/mol. The van der Waals surface area contributed by atoms with Crippen LogP contribution in [0.4, 0.5) is 11.5 Å². The molecule has 0 bridgehead atoms. The molecule has 0 spiro atoms. The number of nitro groups is 1. The Balaban J connectivity index is 2.17. The molecular weight excluding hydrogens is 248 g/mol. The van der Waals surface area contributed by atoms with E-state index in [-0.39, 0.29) is 17.1 Å². The normalized spacial score (nSPS) is 9.63. The van der Waals surface area contributed by atoms with E-state index in [1.54, 1.807) is 12.3 Å². The van der Waals surface area contributed by atoms with Crippen LogP contribution in [0.1, 0.15) is 11.3 Å². The van der Waals surface area contributed by atoms with Gasteiger partial charge in [0.15, 0.2) is 0 Å². The molecule has 2 heterocycles. The maximum Gasteiger partial charge on any atom is 0.289 e. The molecule has 8 heteroatoms. The zero-order valence-electron chi connectivity index (χ0n) is 9.65. The van der Waals surface area contributed by atoms with Crippen molar-refractivity contribution in [3.8, 4) is 6.07 Å². The number of pyridine rings is 1. The average Bonchev–Trinajstić information content (AvgIpc) is 2.45. The third kappa shape index (κ3) is 2.98. The van der Waals surface area contributed by atoms with Gasteiger partial charge in [0.2, 0.25) is 0 Å². The first kappa shape index (κ1) is 12.4. The zero-order chi connectivity index (χ0) is 13.7. The number of nitriles is 1. The SMILES string of the molecule is N#Cc1cc([N+](=O)[O-])cnc1NCc1ccncn1. The first-order chi connectivity index (χ1) is 9.20. The summed E-state index contributed by atoms with van der Waals surface area (Å²) < 4.78 is 0. The minimum atomic E-state index is -0.595. The highest BCUT2D eigenvalue weighted by Crippen LogP contribution is 2.18. The molecule has 0 saturated heterocycles. The molecule has 2 aromatic heterocycles. The summed E-state index contributed by atoms with van der Waals surface area (Å²) in [6.07, 6.45) is 4.10. The molecule has 1 N–H and O–H groups in total. The Labute approximate surface area is 107 Å². The Morgan fingerprint density at radius 3 is 2.95 bits per heavy atom. The van der Waals surface area contributed by atoms with Crippen LogP contribution in [-0.4, -0.2) is 19.9 Å². The number of nitrogens with zero attached hydrogens (tertiary/aromatic N) is 5. The molecule has 0 unspecified atom stereocenters. The lowest BCUT2D eigenvalue weighted by Gasteiger charge is -2.05. The van der Waals surface area contributed by atoms with Crippen molar-refractivity contribution in [3.05, 3.63) is 52.2 Å². The highest BCUT2D eigenvalue weighted by Gasteiger charge is 2.11. The van der Waals surface area contributed by atoms with Crippen LogP contribution in [0.25, 0.3) is 0 Å². The first-order valence-electron chi connectivity index (χ1n) is 5.24. The second-order valence-electron chi connectivity index (χ2n) is 3.51. The highest BCUT2D eigenvalue weighted by molar-refractivity contribution is 5.55. The van der Waals surface area contributed by atoms with Crippen LogP contribution in [0.2, 0.25) is 0 Å². The van der Waals surface area contributed by atoms with Crippen LogP contribution in [0.5, 0.6) is 0 Å². The van der Waals surface area contributed by atoms with Crippen LogP contribution < -0.4 is 5.32 Å². The molecule has 2 rings (SSSR count). The van der Waals surface area contributed by atoms with Gasteiger partial charge in [-0.25, -0.2) is 15.0 Å². The summed E-state index contributed by atoms with van der Waals surface area (Å²) in [5, 5.41) is 22.4. The molecule has 94 valence electrons. The summed E-state index contributed by atoms with van der Waals surface area (Å²) >= 11 is 0. The van der Waals surface area contributed by atoms with Crippen molar-refractivity contribution in [2.45, 2.75) is 6.54 Å². The van der Waals surface area contributed by atoms with Gasteiger partial charge in [0, 0.05) is 12.3 Å². The molecule has 0 aliphatic carbocycles. The fraction of sp³-hybridized carbons (Fsp3) is 0.0909. The molecule has 0 aliphatic rings. The summed E-state index contributed by atoms with van der Waals surface area (Å²) in [7, 11) is 0. The minimum absolute atomic E-state index is 0.114. The van der Waals surface area contributed by atoms with E-state index in [0.29, 0.717) is 6.54 Å². The summed E-state index contributed by atoms with van der Waals surface area (Å²) in [4.78, 5) is 21.6. The van der Waals surface area contributed by atoms with E-state index < -0.39 is 4.92 Å². The molecule has 0 amide bonds. The second-order valence-corrected chi connectivity index (χ2v) is 3.51. The predicted octanol–water partition coefficient (Wildman–Crippen LogP) is 1.26. The van der Waals surface area contributed by atoms with E-state index in [0.717, 1.165) is 11.9 Å². The number of hydrogen-bond donors (Lipinski definition) is 1. The minimum Gasteiger partial charge on any atom is -0.363 e. The molecule has 8 nitrogen and oxygen atoms in total. The summed E-state index contributed by atoms with van der Waals surface area (Å²) in [6.45, 7) is 0.349. The van der Waals surface area contributed by atoms with Crippen LogP contribution in [0.3, 0.4) is 0 Å².